The van der Waals surface area contributed by atoms with E-state index in [0.29, 0.717) is 13.1 Å². The van der Waals surface area contributed by atoms with Gasteiger partial charge in [-0.25, -0.2) is 0 Å². The van der Waals surface area contributed by atoms with Gasteiger partial charge >= 0.3 is 0 Å². The van der Waals surface area contributed by atoms with Crippen molar-refractivity contribution in [3.8, 4) is 5.75 Å². The van der Waals surface area contributed by atoms with Crippen molar-refractivity contribution in [1.29, 1.82) is 0 Å². The summed E-state index contributed by atoms with van der Waals surface area (Å²) < 4.78 is 0. The average Bonchev–Trinajstić information content (AvgIpc) is 2.87. The second kappa shape index (κ2) is 7.12. The van der Waals surface area contributed by atoms with Crippen LogP contribution in [0.5, 0.6) is 5.75 Å². The van der Waals surface area contributed by atoms with Gasteiger partial charge in [0.25, 0.3) is 0 Å². The van der Waals surface area contributed by atoms with Crippen LogP contribution in [0.25, 0.3) is 0 Å². The molecule has 1 unspecified atom stereocenters. The lowest BCUT2D eigenvalue weighted by Crippen LogP contribution is -2.32. The summed E-state index contributed by atoms with van der Waals surface area (Å²) >= 11 is 0. The molecule has 2 aromatic carbocycles. The van der Waals surface area contributed by atoms with E-state index in [4.69, 9.17) is 0 Å². The molecule has 0 aromatic heterocycles. The zero-order chi connectivity index (χ0) is 18.9. The third kappa shape index (κ3) is 3.91. The minimum Gasteiger partial charge on any atom is -0.508 e. The number of benzene rings is 2. The number of hydrogen-bond donors (Lipinski definition) is 1. The lowest BCUT2D eigenvalue weighted by molar-refractivity contribution is -0.128. The van der Waals surface area contributed by atoms with Crippen LogP contribution in [0.3, 0.4) is 0 Å². The van der Waals surface area contributed by atoms with Gasteiger partial charge in [-0.15, -0.1) is 0 Å². The first-order valence-electron chi connectivity index (χ1n) is 9.14. The molecule has 0 bridgehead atoms. The first-order valence-corrected chi connectivity index (χ1v) is 9.14. The van der Waals surface area contributed by atoms with E-state index in [1.807, 2.05) is 24.1 Å². The summed E-state index contributed by atoms with van der Waals surface area (Å²) in [7, 11) is 2.00. The summed E-state index contributed by atoms with van der Waals surface area (Å²) in [5, 5.41) is 9.41. The van der Waals surface area contributed by atoms with Crippen molar-refractivity contribution in [3.05, 3.63) is 65.2 Å². The molecule has 1 amide bonds. The van der Waals surface area contributed by atoms with Crippen LogP contribution in [0.2, 0.25) is 0 Å². The third-order valence-corrected chi connectivity index (χ3v) is 5.07. The van der Waals surface area contributed by atoms with E-state index >= 15 is 0 Å². The molecule has 0 radical (unpaired) electrons. The Morgan fingerprint density at radius 1 is 1.04 bits per heavy atom. The van der Waals surface area contributed by atoms with Gasteiger partial charge in [-0.05, 0) is 47.7 Å². The van der Waals surface area contributed by atoms with Gasteiger partial charge in [0.05, 0.1) is 6.54 Å². The Bertz CT molecular complexity index is 760. The standard InChI is InChI=1S/C22H28N2O2/c1-22(2,3)18-9-7-17(8-10-18)21-23(4)15-20(26)24(21)14-13-16-5-11-19(25)12-6-16/h5-12,21,25H,13-15H2,1-4H3. The maximum absolute atomic E-state index is 12.5. The molecule has 0 saturated carbocycles. The van der Waals surface area contributed by atoms with Crippen molar-refractivity contribution in [1.82, 2.24) is 9.80 Å². The van der Waals surface area contributed by atoms with E-state index < -0.39 is 0 Å². The number of carbonyl (C=O) groups excluding carboxylic acids is 1. The summed E-state index contributed by atoms with van der Waals surface area (Å²) in [6.07, 6.45) is 0.754. The second-order valence-corrected chi connectivity index (χ2v) is 8.16. The van der Waals surface area contributed by atoms with Crippen molar-refractivity contribution < 1.29 is 9.90 Å². The van der Waals surface area contributed by atoms with Crippen LogP contribution >= 0.6 is 0 Å². The minimum absolute atomic E-state index is 0.0198. The van der Waals surface area contributed by atoms with Gasteiger partial charge in [0.15, 0.2) is 0 Å². The lowest BCUT2D eigenvalue weighted by Gasteiger charge is -2.29. The van der Waals surface area contributed by atoms with Crippen LogP contribution in [0, 0.1) is 0 Å². The summed E-state index contributed by atoms with van der Waals surface area (Å²) in [6.45, 7) is 7.73. The zero-order valence-electron chi connectivity index (χ0n) is 16.1. The van der Waals surface area contributed by atoms with E-state index in [1.54, 1.807) is 12.1 Å². The molecule has 1 heterocycles. The van der Waals surface area contributed by atoms with E-state index in [-0.39, 0.29) is 23.2 Å². The van der Waals surface area contributed by atoms with Crippen LogP contribution < -0.4 is 0 Å². The zero-order valence-corrected chi connectivity index (χ0v) is 16.1. The molecule has 4 nitrogen and oxygen atoms in total. The molecule has 0 aliphatic carbocycles. The number of phenols is 1. The van der Waals surface area contributed by atoms with Gasteiger partial charge in [0.2, 0.25) is 5.91 Å². The highest BCUT2D eigenvalue weighted by Gasteiger charge is 2.36. The van der Waals surface area contributed by atoms with Gasteiger partial charge in [-0.1, -0.05) is 57.2 Å². The molecule has 1 aliphatic rings. The normalized spacial score (nSPS) is 18.5. The van der Waals surface area contributed by atoms with Gasteiger partial charge < -0.3 is 10.0 Å². The Morgan fingerprint density at radius 3 is 2.23 bits per heavy atom. The van der Waals surface area contributed by atoms with E-state index in [2.05, 4.69) is 49.9 Å². The number of carbonyl (C=O) groups is 1. The van der Waals surface area contributed by atoms with Gasteiger partial charge in [0.1, 0.15) is 11.9 Å². The SMILES string of the molecule is CN1CC(=O)N(CCc2ccc(O)cc2)C1c1ccc(C(C)(C)C)cc1. The van der Waals surface area contributed by atoms with Gasteiger partial charge in [-0.3, -0.25) is 9.69 Å². The predicted octanol–water partition coefficient (Wildman–Crippen LogP) is 3.71. The molecular weight excluding hydrogens is 324 g/mol. The molecule has 26 heavy (non-hydrogen) atoms. The molecule has 4 heteroatoms. The lowest BCUT2D eigenvalue weighted by atomic mass is 9.86. The fraction of sp³-hybridized carbons (Fsp3) is 0.409. The third-order valence-electron chi connectivity index (χ3n) is 5.07. The summed E-state index contributed by atoms with van der Waals surface area (Å²) in [5.41, 5.74) is 3.68. The van der Waals surface area contributed by atoms with Gasteiger partial charge in [-0.2, -0.15) is 0 Å². The molecule has 1 saturated heterocycles. The number of nitrogens with zero attached hydrogens (tertiary/aromatic N) is 2. The first kappa shape index (κ1) is 18.5. The van der Waals surface area contributed by atoms with Crippen LogP contribution in [-0.2, 0) is 16.6 Å². The maximum Gasteiger partial charge on any atom is 0.238 e. The number of aromatic hydroxyl groups is 1. The van der Waals surface area contributed by atoms with E-state index in [1.165, 1.54) is 5.56 Å². The van der Waals surface area contributed by atoms with Crippen molar-refractivity contribution in [2.24, 2.45) is 0 Å². The highest BCUT2D eigenvalue weighted by Crippen LogP contribution is 2.31. The smallest absolute Gasteiger partial charge is 0.238 e. The highest BCUT2D eigenvalue weighted by atomic mass is 16.3. The summed E-state index contributed by atoms with van der Waals surface area (Å²) in [4.78, 5) is 16.6. The van der Waals surface area contributed by atoms with E-state index in [9.17, 15) is 9.90 Å². The molecular formula is C22H28N2O2. The molecule has 138 valence electrons. The number of phenolic OH excluding ortho intramolecular Hbond substituents is 1. The largest absolute Gasteiger partial charge is 0.508 e. The van der Waals surface area contributed by atoms with Crippen LogP contribution in [0.4, 0.5) is 0 Å². The van der Waals surface area contributed by atoms with Crippen molar-refractivity contribution in [3.63, 3.8) is 0 Å². The molecule has 1 N–H and O–H groups in total. The molecule has 1 aliphatic heterocycles. The molecule has 1 fully saturated rings. The average molecular weight is 352 g/mol. The Labute approximate surface area is 156 Å². The van der Waals surface area contributed by atoms with Crippen molar-refractivity contribution in [2.75, 3.05) is 20.1 Å². The number of hydrogen-bond acceptors (Lipinski definition) is 3. The minimum atomic E-state index is -0.0198. The predicted molar refractivity (Wildman–Crippen MR) is 104 cm³/mol. The maximum atomic E-state index is 12.5. The quantitative estimate of drug-likeness (QED) is 0.912. The summed E-state index contributed by atoms with van der Waals surface area (Å²) in [6, 6.07) is 15.8. The molecule has 3 rings (SSSR count). The molecule has 1 atom stereocenters. The van der Waals surface area contributed by atoms with Crippen LogP contribution in [0.1, 0.15) is 43.6 Å². The van der Waals surface area contributed by atoms with Crippen LogP contribution in [0.15, 0.2) is 48.5 Å². The second-order valence-electron chi connectivity index (χ2n) is 8.16. The number of likely N-dealkylation sites (N-methyl/N-ethyl adjacent to an activating group) is 1. The van der Waals surface area contributed by atoms with Crippen LogP contribution in [-0.4, -0.2) is 41.0 Å². The Balaban J connectivity index is 1.77. The van der Waals surface area contributed by atoms with Gasteiger partial charge in [0, 0.05) is 6.54 Å². The molecule has 0 spiro atoms. The molecule has 2 aromatic rings. The Hall–Kier alpha value is -2.33. The van der Waals surface area contributed by atoms with E-state index in [0.717, 1.165) is 17.5 Å². The Kier molecular flexibility index (Phi) is 5.05. The number of rotatable bonds is 4. The highest BCUT2D eigenvalue weighted by molar-refractivity contribution is 5.81. The summed E-state index contributed by atoms with van der Waals surface area (Å²) in [5.74, 6) is 0.429. The topological polar surface area (TPSA) is 43.8 Å². The van der Waals surface area contributed by atoms with Crippen molar-refractivity contribution in [2.45, 2.75) is 38.8 Å². The van der Waals surface area contributed by atoms with Crippen molar-refractivity contribution >= 4 is 5.91 Å². The fourth-order valence-electron chi connectivity index (χ4n) is 3.51. The fourth-order valence-corrected chi connectivity index (χ4v) is 3.51. The Morgan fingerprint density at radius 2 is 1.65 bits per heavy atom. The monoisotopic (exact) mass is 352 g/mol. The first-order chi connectivity index (χ1) is 12.3. The number of amides is 1.